The minimum Gasteiger partial charge on any atom is -0.366 e. The number of piperidine rings is 1. The third-order valence-corrected chi connectivity index (χ3v) is 5.53. The summed E-state index contributed by atoms with van der Waals surface area (Å²) in [4.78, 5) is 25.9. The Morgan fingerprint density at radius 3 is 2.46 bits per heavy atom. The highest BCUT2D eigenvalue weighted by Gasteiger charge is 2.24. The first-order valence-corrected chi connectivity index (χ1v) is 9.45. The molecule has 1 aromatic heterocycles. The van der Waals surface area contributed by atoms with Gasteiger partial charge in [-0.15, -0.1) is 0 Å². The molecule has 0 atom stereocenters. The molecule has 0 amide bonds. The fourth-order valence-corrected chi connectivity index (χ4v) is 3.85. The summed E-state index contributed by atoms with van der Waals surface area (Å²) < 4.78 is 1.28. The van der Waals surface area contributed by atoms with E-state index in [1.807, 2.05) is 24.3 Å². The predicted octanol–water partition coefficient (Wildman–Crippen LogP) is 3.75. The topological polar surface area (TPSA) is 81.3 Å². The average molecular weight is 378 g/mol. The quantitative estimate of drug-likeness (QED) is 0.512. The molecule has 0 radical (unpaired) electrons. The average Bonchev–Trinajstić information content (AvgIpc) is 2.71. The number of anilines is 1. The van der Waals surface area contributed by atoms with E-state index in [1.54, 1.807) is 25.2 Å². The van der Waals surface area contributed by atoms with Crippen LogP contribution in [0.5, 0.6) is 0 Å². The van der Waals surface area contributed by atoms with Crippen molar-refractivity contribution in [3.63, 3.8) is 0 Å². The first-order chi connectivity index (χ1) is 13.5. The van der Waals surface area contributed by atoms with E-state index in [1.165, 1.54) is 4.68 Å². The molecule has 2 aromatic carbocycles. The smallest absolute Gasteiger partial charge is 0.293 e. The number of aryl methyl sites for hydroxylation is 1. The molecule has 1 saturated heterocycles. The molecule has 1 aliphatic rings. The lowest BCUT2D eigenvalue weighted by atomic mass is 9.98. The number of rotatable bonds is 3. The highest BCUT2D eigenvalue weighted by molar-refractivity contribution is 5.94. The SMILES string of the molecule is CC1CCN(c2ccc(-c3nn(C)c(=O)c4ccccc34)cc2[N+](=O)[O-])CC1. The Hall–Kier alpha value is -3.22. The third-order valence-electron chi connectivity index (χ3n) is 5.53. The summed E-state index contributed by atoms with van der Waals surface area (Å²) in [6.45, 7) is 3.86. The molecule has 4 rings (SSSR count). The number of hydrogen-bond donors (Lipinski definition) is 0. The van der Waals surface area contributed by atoms with E-state index >= 15 is 0 Å². The van der Waals surface area contributed by atoms with E-state index in [-0.39, 0.29) is 16.2 Å². The molecule has 144 valence electrons. The zero-order valence-electron chi connectivity index (χ0n) is 16.0. The van der Waals surface area contributed by atoms with E-state index in [0.717, 1.165) is 25.9 Å². The number of fused-ring (bicyclic) bond motifs is 1. The molecular weight excluding hydrogens is 356 g/mol. The Kier molecular flexibility index (Phi) is 4.58. The monoisotopic (exact) mass is 378 g/mol. The van der Waals surface area contributed by atoms with Gasteiger partial charge in [-0.1, -0.05) is 31.2 Å². The second-order valence-electron chi connectivity index (χ2n) is 7.45. The van der Waals surface area contributed by atoms with Gasteiger partial charge in [0.1, 0.15) is 5.69 Å². The summed E-state index contributed by atoms with van der Waals surface area (Å²) in [6, 6.07) is 12.5. The molecule has 28 heavy (non-hydrogen) atoms. The first kappa shape index (κ1) is 18.2. The van der Waals surface area contributed by atoms with Crippen LogP contribution in [0, 0.1) is 16.0 Å². The number of nitro groups is 1. The Morgan fingerprint density at radius 2 is 1.79 bits per heavy atom. The number of hydrogen-bond acceptors (Lipinski definition) is 5. The van der Waals surface area contributed by atoms with Gasteiger partial charge in [0.15, 0.2) is 0 Å². The summed E-state index contributed by atoms with van der Waals surface area (Å²) in [6.07, 6.45) is 2.07. The molecule has 7 nitrogen and oxygen atoms in total. The molecule has 0 bridgehead atoms. The highest BCUT2D eigenvalue weighted by atomic mass is 16.6. The Morgan fingerprint density at radius 1 is 1.11 bits per heavy atom. The largest absolute Gasteiger partial charge is 0.366 e. The van der Waals surface area contributed by atoms with Crippen LogP contribution in [0.15, 0.2) is 47.3 Å². The third kappa shape index (κ3) is 3.13. The van der Waals surface area contributed by atoms with Crippen molar-refractivity contribution in [2.45, 2.75) is 19.8 Å². The van der Waals surface area contributed by atoms with Gasteiger partial charge in [-0.25, -0.2) is 4.68 Å². The van der Waals surface area contributed by atoms with Crippen LogP contribution < -0.4 is 10.5 Å². The van der Waals surface area contributed by atoms with Crippen LogP contribution in [-0.4, -0.2) is 27.8 Å². The minimum absolute atomic E-state index is 0.0757. The summed E-state index contributed by atoms with van der Waals surface area (Å²) in [5, 5.41) is 17.4. The van der Waals surface area contributed by atoms with Gasteiger partial charge >= 0.3 is 0 Å². The van der Waals surface area contributed by atoms with Gasteiger partial charge in [0.2, 0.25) is 0 Å². The van der Waals surface area contributed by atoms with Crippen LogP contribution in [0.1, 0.15) is 19.8 Å². The van der Waals surface area contributed by atoms with Crippen LogP contribution >= 0.6 is 0 Å². The van der Waals surface area contributed by atoms with Gasteiger partial charge in [-0.2, -0.15) is 5.10 Å². The van der Waals surface area contributed by atoms with Crippen LogP contribution in [-0.2, 0) is 7.05 Å². The predicted molar refractivity (Wildman–Crippen MR) is 110 cm³/mol. The van der Waals surface area contributed by atoms with E-state index in [2.05, 4.69) is 16.9 Å². The summed E-state index contributed by atoms with van der Waals surface area (Å²) in [7, 11) is 1.59. The van der Waals surface area contributed by atoms with Crippen molar-refractivity contribution >= 4 is 22.1 Å². The molecule has 0 unspecified atom stereocenters. The number of aromatic nitrogens is 2. The lowest BCUT2D eigenvalue weighted by Crippen LogP contribution is -2.33. The van der Waals surface area contributed by atoms with Crippen LogP contribution in [0.4, 0.5) is 11.4 Å². The molecule has 0 aliphatic carbocycles. The van der Waals surface area contributed by atoms with Crippen molar-refractivity contribution in [3.8, 4) is 11.3 Å². The van der Waals surface area contributed by atoms with E-state index in [9.17, 15) is 14.9 Å². The fourth-order valence-electron chi connectivity index (χ4n) is 3.85. The molecule has 1 fully saturated rings. The van der Waals surface area contributed by atoms with Crippen molar-refractivity contribution in [2.24, 2.45) is 13.0 Å². The van der Waals surface area contributed by atoms with Crippen molar-refractivity contribution in [3.05, 3.63) is 62.9 Å². The van der Waals surface area contributed by atoms with Gasteiger partial charge in [0.05, 0.1) is 16.0 Å². The maximum absolute atomic E-state index is 12.4. The van der Waals surface area contributed by atoms with Gasteiger partial charge in [-0.05, 0) is 30.9 Å². The molecule has 0 saturated carbocycles. The number of nitro benzene ring substituents is 1. The highest BCUT2D eigenvalue weighted by Crippen LogP contribution is 2.36. The minimum atomic E-state index is -0.332. The molecule has 2 heterocycles. The first-order valence-electron chi connectivity index (χ1n) is 9.45. The Bertz CT molecular complexity index is 1110. The van der Waals surface area contributed by atoms with Gasteiger partial charge in [-0.3, -0.25) is 14.9 Å². The maximum atomic E-state index is 12.4. The lowest BCUT2D eigenvalue weighted by molar-refractivity contribution is -0.384. The molecular formula is C21H22N4O3. The van der Waals surface area contributed by atoms with E-state index in [0.29, 0.717) is 33.6 Å². The fraction of sp³-hybridized carbons (Fsp3) is 0.333. The second-order valence-corrected chi connectivity index (χ2v) is 7.45. The van der Waals surface area contributed by atoms with Crippen LogP contribution in [0.3, 0.4) is 0 Å². The van der Waals surface area contributed by atoms with Gasteiger partial charge < -0.3 is 4.90 Å². The van der Waals surface area contributed by atoms with Crippen molar-refractivity contribution in [2.75, 3.05) is 18.0 Å². The molecule has 0 spiro atoms. The van der Waals surface area contributed by atoms with Crippen LogP contribution in [0.25, 0.3) is 22.0 Å². The van der Waals surface area contributed by atoms with Crippen molar-refractivity contribution < 1.29 is 4.92 Å². The zero-order valence-corrected chi connectivity index (χ0v) is 16.0. The summed E-state index contributed by atoms with van der Waals surface area (Å²) in [5.41, 5.74) is 1.74. The van der Waals surface area contributed by atoms with E-state index in [4.69, 9.17) is 0 Å². The molecule has 7 heteroatoms. The summed E-state index contributed by atoms with van der Waals surface area (Å²) in [5.74, 6) is 0.649. The Labute approximate surface area is 162 Å². The van der Waals surface area contributed by atoms with Crippen LogP contribution in [0.2, 0.25) is 0 Å². The Balaban J connectivity index is 1.85. The lowest BCUT2D eigenvalue weighted by Gasteiger charge is -2.31. The van der Waals surface area contributed by atoms with Gasteiger partial charge in [0.25, 0.3) is 11.2 Å². The van der Waals surface area contributed by atoms with Crippen molar-refractivity contribution in [1.82, 2.24) is 9.78 Å². The molecule has 1 aliphatic heterocycles. The molecule has 3 aromatic rings. The second kappa shape index (κ2) is 7.07. The standard InChI is InChI=1S/C21H22N4O3/c1-14-9-11-24(12-10-14)18-8-7-15(13-19(18)25(27)28)20-16-5-3-4-6-17(16)21(26)23(2)22-20/h3-8,13-14H,9-12H2,1-2H3. The number of nitrogens with zero attached hydrogens (tertiary/aromatic N) is 4. The summed E-state index contributed by atoms with van der Waals surface area (Å²) >= 11 is 0. The number of benzene rings is 2. The molecule has 0 N–H and O–H groups in total. The normalized spacial score (nSPS) is 15.1. The van der Waals surface area contributed by atoms with Gasteiger partial charge in [0, 0.05) is 37.2 Å². The zero-order chi connectivity index (χ0) is 19.8. The van der Waals surface area contributed by atoms with E-state index < -0.39 is 0 Å². The maximum Gasteiger partial charge on any atom is 0.293 e. The van der Waals surface area contributed by atoms with Crippen molar-refractivity contribution in [1.29, 1.82) is 0 Å².